The van der Waals surface area contributed by atoms with Crippen molar-refractivity contribution in [3.8, 4) is 0 Å². The molecule has 0 spiro atoms. The molecule has 0 fully saturated rings. The Hall–Kier alpha value is -1.99. The number of aromatic amines is 1. The van der Waals surface area contributed by atoms with Crippen molar-refractivity contribution < 1.29 is 4.92 Å². The van der Waals surface area contributed by atoms with E-state index in [2.05, 4.69) is 9.97 Å². The molecule has 1 heterocycles. The molecule has 0 bridgehead atoms. The SMILES string of the molecule is O=c1cnc2c([N+](=O)[O-])c(Cl)c(Cl)cc2[nH]c1=O. The fraction of sp³-hybridized carbons (Fsp3) is 0. The van der Waals surface area contributed by atoms with Gasteiger partial charge in [0.25, 0.3) is 11.0 Å². The molecule has 2 aromatic rings. The number of nitrogens with one attached hydrogen (secondary N) is 1. The molecular weight excluding hydrogens is 285 g/mol. The van der Waals surface area contributed by atoms with E-state index in [1.807, 2.05) is 0 Å². The first-order chi connectivity index (χ1) is 8.41. The van der Waals surface area contributed by atoms with Crippen molar-refractivity contribution in [3.05, 3.63) is 53.0 Å². The van der Waals surface area contributed by atoms with Crippen LogP contribution in [0.1, 0.15) is 0 Å². The number of rotatable bonds is 1. The van der Waals surface area contributed by atoms with E-state index in [1.54, 1.807) is 0 Å². The first-order valence-electron chi connectivity index (χ1n) is 4.47. The van der Waals surface area contributed by atoms with E-state index in [-0.39, 0.29) is 21.1 Å². The van der Waals surface area contributed by atoms with Gasteiger partial charge in [-0.15, -0.1) is 0 Å². The Morgan fingerprint density at radius 1 is 1.33 bits per heavy atom. The van der Waals surface area contributed by atoms with Gasteiger partial charge in [-0.3, -0.25) is 19.7 Å². The van der Waals surface area contributed by atoms with Crippen LogP contribution in [0.15, 0.2) is 21.9 Å². The van der Waals surface area contributed by atoms with Gasteiger partial charge in [-0.2, -0.15) is 0 Å². The Labute approximate surface area is 108 Å². The van der Waals surface area contributed by atoms with Crippen molar-refractivity contribution in [2.45, 2.75) is 0 Å². The maximum Gasteiger partial charge on any atom is 0.316 e. The normalized spacial score (nSPS) is 10.6. The number of benzene rings is 1. The maximum atomic E-state index is 11.3. The molecule has 0 unspecified atom stereocenters. The maximum absolute atomic E-state index is 11.3. The highest BCUT2D eigenvalue weighted by atomic mass is 35.5. The summed E-state index contributed by atoms with van der Waals surface area (Å²) in [6.07, 6.45) is 0.693. The van der Waals surface area contributed by atoms with Crippen molar-refractivity contribution in [1.29, 1.82) is 0 Å². The Morgan fingerprint density at radius 3 is 2.61 bits per heavy atom. The highest BCUT2D eigenvalue weighted by molar-refractivity contribution is 6.44. The lowest BCUT2D eigenvalue weighted by molar-refractivity contribution is -0.383. The average molecular weight is 288 g/mol. The van der Waals surface area contributed by atoms with Gasteiger partial charge in [0.05, 0.1) is 21.7 Å². The van der Waals surface area contributed by atoms with Crippen molar-refractivity contribution in [1.82, 2.24) is 9.97 Å². The molecule has 0 saturated carbocycles. The monoisotopic (exact) mass is 287 g/mol. The van der Waals surface area contributed by atoms with Crippen LogP contribution < -0.4 is 11.0 Å². The van der Waals surface area contributed by atoms with Crippen LogP contribution in [0.3, 0.4) is 0 Å². The topological polar surface area (TPSA) is 106 Å². The smallest absolute Gasteiger partial charge is 0.316 e. The fourth-order valence-electron chi connectivity index (χ4n) is 1.36. The van der Waals surface area contributed by atoms with Crippen LogP contribution in [0.4, 0.5) is 5.69 Å². The molecule has 0 aliphatic rings. The summed E-state index contributed by atoms with van der Waals surface area (Å²) in [6, 6.07) is 1.19. The molecular formula is C9H3Cl2N3O4. The second-order valence-corrected chi connectivity index (χ2v) is 4.04. The van der Waals surface area contributed by atoms with Gasteiger partial charge < -0.3 is 4.98 Å². The molecule has 0 amide bonds. The summed E-state index contributed by atoms with van der Waals surface area (Å²) >= 11 is 11.4. The van der Waals surface area contributed by atoms with E-state index in [9.17, 15) is 19.7 Å². The lowest BCUT2D eigenvalue weighted by Crippen LogP contribution is -2.22. The predicted octanol–water partition coefficient (Wildman–Crippen LogP) is 1.50. The van der Waals surface area contributed by atoms with Crippen LogP contribution in [-0.2, 0) is 0 Å². The zero-order valence-corrected chi connectivity index (χ0v) is 9.95. The van der Waals surface area contributed by atoms with Crippen molar-refractivity contribution in [3.63, 3.8) is 0 Å². The number of fused-ring (bicyclic) bond motifs is 1. The van der Waals surface area contributed by atoms with Crippen LogP contribution in [-0.4, -0.2) is 14.9 Å². The lowest BCUT2D eigenvalue weighted by Gasteiger charge is -1.99. The molecule has 0 aliphatic heterocycles. The van der Waals surface area contributed by atoms with Crippen LogP contribution in [0.5, 0.6) is 0 Å². The van der Waals surface area contributed by atoms with Gasteiger partial charge in [0, 0.05) is 0 Å². The van der Waals surface area contributed by atoms with E-state index < -0.39 is 21.6 Å². The molecule has 7 nitrogen and oxygen atoms in total. The number of hydrogen-bond acceptors (Lipinski definition) is 5. The molecule has 9 heteroatoms. The zero-order chi connectivity index (χ0) is 13.4. The molecule has 0 atom stereocenters. The molecule has 1 N–H and O–H groups in total. The van der Waals surface area contributed by atoms with Crippen molar-refractivity contribution in [2.75, 3.05) is 0 Å². The number of nitro groups is 1. The van der Waals surface area contributed by atoms with Crippen molar-refractivity contribution in [2.24, 2.45) is 0 Å². The number of hydrogen-bond donors (Lipinski definition) is 1. The molecule has 0 aliphatic carbocycles. The standard InChI is InChI=1S/C9H3Cl2N3O4/c10-3-1-4-7(8(6(3)11)14(17)18)12-2-5(15)9(16)13-4/h1-2H,(H,13,15,16). The second kappa shape index (κ2) is 4.35. The third kappa shape index (κ3) is 1.93. The highest BCUT2D eigenvalue weighted by Crippen LogP contribution is 2.36. The predicted molar refractivity (Wildman–Crippen MR) is 65.3 cm³/mol. The first-order valence-corrected chi connectivity index (χ1v) is 5.23. The summed E-state index contributed by atoms with van der Waals surface area (Å²) < 4.78 is 0. The molecule has 0 radical (unpaired) electrons. The molecule has 18 heavy (non-hydrogen) atoms. The quantitative estimate of drug-likeness (QED) is 0.486. The largest absolute Gasteiger partial charge is 0.317 e. The van der Waals surface area contributed by atoms with Gasteiger partial charge in [-0.1, -0.05) is 23.2 Å². The third-order valence-electron chi connectivity index (χ3n) is 2.13. The number of aromatic nitrogens is 2. The number of nitro benzene ring substituents is 1. The van der Waals surface area contributed by atoms with Gasteiger partial charge in [-0.05, 0) is 6.07 Å². The average Bonchev–Trinajstić information content (AvgIpc) is 2.41. The Kier molecular flexibility index (Phi) is 3.02. The minimum absolute atomic E-state index is 0.0387. The van der Waals surface area contributed by atoms with Gasteiger partial charge in [0.1, 0.15) is 5.02 Å². The lowest BCUT2D eigenvalue weighted by atomic mass is 10.2. The summed E-state index contributed by atoms with van der Waals surface area (Å²) in [6.45, 7) is 0. The van der Waals surface area contributed by atoms with Gasteiger partial charge in [-0.25, -0.2) is 4.98 Å². The summed E-state index contributed by atoms with van der Waals surface area (Å²) in [7, 11) is 0. The van der Waals surface area contributed by atoms with Crippen LogP contribution in [0.2, 0.25) is 10.0 Å². The summed E-state index contributed by atoms with van der Waals surface area (Å²) in [5, 5.41) is 10.5. The Bertz CT molecular complexity index is 787. The molecule has 0 saturated heterocycles. The van der Waals surface area contributed by atoms with Gasteiger partial charge in [0.2, 0.25) is 0 Å². The van der Waals surface area contributed by atoms with Gasteiger partial charge in [0.15, 0.2) is 5.52 Å². The van der Waals surface area contributed by atoms with E-state index in [4.69, 9.17) is 23.2 Å². The first kappa shape index (κ1) is 12.5. The molecule has 1 aromatic carbocycles. The third-order valence-corrected chi connectivity index (χ3v) is 2.91. The minimum Gasteiger partial charge on any atom is -0.317 e. The van der Waals surface area contributed by atoms with E-state index in [0.29, 0.717) is 6.20 Å². The Morgan fingerprint density at radius 2 is 2.00 bits per heavy atom. The number of H-pyrrole nitrogens is 1. The zero-order valence-electron chi connectivity index (χ0n) is 8.44. The summed E-state index contributed by atoms with van der Waals surface area (Å²) in [4.78, 5) is 38.3. The van der Waals surface area contributed by atoms with Gasteiger partial charge >= 0.3 is 5.69 Å². The highest BCUT2D eigenvalue weighted by Gasteiger charge is 2.22. The fourth-order valence-corrected chi connectivity index (χ4v) is 1.77. The molecule has 2 rings (SSSR count). The van der Waals surface area contributed by atoms with Crippen LogP contribution in [0.25, 0.3) is 11.0 Å². The van der Waals surface area contributed by atoms with Crippen LogP contribution in [0, 0.1) is 10.1 Å². The molecule has 1 aromatic heterocycles. The molecule has 92 valence electrons. The van der Waals surface area contributed by atoms with E-state index in [0.717, 1.165) is 0 Å². The number of nitrogens with zero attached hydrogens (tertiary/aromatic N) is 2. The minimum atomic E-state index is -0.954. The van der Waals surface area contributed by atoms with Crippen LogP contribution >= 0.6 is 23.2 Å². The van der Waals surface area contributed by atoms with Crippen molar-refractivity contribution >= 4 is 39.9 Å². The summed E-state index contributed by atoms with van der Waals surface area (Å²) in [5.41, 5.74) is -2.69. The van der Waals surface area contributed by atoms with E-state index >= 15 is 0 Å². The second-order valence-electron chi connectivity index (χ2n) is 3.25. The summed E-state index contributed by atoms with van der Waals surface area (Å²) in [5.74, 6) is 0. The van der Waals surface area contributed by atoms with E-state index in [1.165, 1.54) is 6.07 Å². The Balaban J connectivity index is 3.13. The number of halogens is 2.